The molecule has 0 aliphatic heterocycles. The number of nitrogens with one attached hydrogen (secondary N) is 2. The van der Waals surface area contributed by atoms with Crippen molar-refractivity contribution in [2.75, 3.05) is 38.7 Å². The smallest absolute Gasteiger partial charge is 0.411 e. The minimum absolute atomic E-state index is 0.0212. The third-order valence-electron chi connectivity index (χ3n) is 2.33. The van der Waals surface area contributed by atoms with Gasteiger partial charge in [0.15, 0.2) is 0 Å². The lowest BCUT2D eigenvalue weighted by Crippen LogP contribution is -2.31. The quantitative estimate of drug-likeness (QED) is 0.719. The molecule has 118 valence electrons. The number of ether oxygens (including phenoxy) is 2. The highest BCUT2D eigenvalue weighted by atomic mass is 19.4. The van der Waals surface area contributed by atoms with Crippen molar-refractivity contribution < 1.29 is 27.4 Å². The molecule has 0 aliphatic carbocycles. The summed E-state index contributed by atoms with van der Waals surface area (Å²) in [5.41, 5.74) is 0.578. The number of rotatable bonds is 8. The molecule has 8 heteroatoms. The van der Waals surface area contributed by atoms with Gasteiger partial charge in [0.1, 0.15) is 12.4 Å². The van der Waals surface area contributed by atoms with Crippen LogP contribution in [0.1, 0.15) is 0 Å². The van der Waals surface area contributed by atoms with E-state index in [0.717, 1.165) is 0 Å². The summed E-state index contributed by atoms with van der Waals surface area (Å²) in [6, 6.07) is 6.83. The van der Waals surface area contributed by atoms with E-state index in [2.05, 4.69) is 15.4 Å². The molecule has 2 N–H and O–H groups in total. The number of methoxy groups -OCH3 is 1. The van der Waals surface area contributed by atoms with Crippen LogP contribution in [-0.2, 0) is 9.53 Å². The minimum atomic E-state index is -4.33. The van der Waals surface area contributed by atoms with Crippen LogP contribution in [-0.4, -0.2) is 45.5 Å². The Bertz CT molecular complexity index is 453. The number of carbonyl (C=O) groups is 1. The van der Waals surface area contributed by atoms with Crippen LogP contribution in [0.15, 0.2) is 24.3 Å². The van der Waals surface area contributed by atoms with Crippen LogP contribution in [0, 0.1) is 0 Å². The van der Waals surface area contributed by atoms with Gasteiger partial charge >= 0.3 is 6.18 Å². The molecule has 0 atom stereocenters. The normalized spacial score (nSPS) is 11.2. The molecule has 0 spiro atoms. The highest BCUT2D eigenvalue weighted by Gasteiger charge is 2.27. The summed E-state index contributed by atoms with van der Waals surface area (Å²) in [4.78, 5) is 11.6. The van der Waals surface area contributed by atoms with Crippen LogP contribution < -0.4 is 15.4 Å². The lowest BCUT2D eigenvalue weighted by atomic mass is 10.3. The fourth-order valence-electron chi connectivity index (χ4n) is 1.44. The predicted octanol–water partition coefficient (Wildman–Crippen LogP) is 1.80. The number of carbonyl (C=O) groups excluding carboxylic acids is 1. The van der Waals surface area contributed by atoms with E-state index in [4.69, 9.17) is 4.74 Å². The Balaban J connectivity index is 2.16. The first kappa shape index (κ1) is 17.3. The molecular formula is C13H17F3N2O3. The van der Waals surface area contributed by atoms with E-state index < -0.39 is 12.8 Å². The number of anilines is 1. The number of hydrogen-bond acceptors (Lipinski definition) is 4. The van der Waals surface area contributed by atoms with Crippen molar-refractivity contribution in [1.82, 2.24) is 5.32 Å². The van der Waals surface area contributed by atoms with Crippen molar-refractivity contribution in [3.05, 3.63) is 24.3 Å². The molecule has 21 heavy (non-hydrogen) atoms. The molecule has 0 fully saturated rings. The highest BCUT2D eigenvalue weighted by Crippen LogP contribution is 2.16. The standard InChI is InChI=1S/C13H17F3N2O3/c1-20-11-4-2-3-10(7-11)18-12(19)8-17-5-6-21-9-13(14,15)16/h2-4,7,17H,5-6,8-9H2,1H3,(H,18,19). The van der Waals surface area contributed by atoms with Crippen LogP contribution in [0.5, 0.6) is 5.75 Å². The van der Waals surface area contributed by atoms with Crippen molar-refractivity contribution >= 4 is 11.6 Å². The number of halogens is 3. The van der Waals surface area contributed by atoms with Crippen LogP contribution in [0.2, 0.25) is 0 Å². The van der Waals surface area contributed by atoms with Gasteiger partial charge in [-0.1, -0.05) is 6.07 Å². The summed E-state index contributed by atoms with van der Waals surface area (Å²) in [7, 11) is 1.52. The molecule has 5 nitrogen and oxygen atoms in total. The Labute approximate surface area is 120 Å². The lowest BCUT2D eigenvalue weighted by Gasteiger charge is -2.09. The van der Waals surface area contributed by atoms with E-state index in [1.807, 2.05) is 0 Å². The molecule has 0 heterocycles. The third kappa shape index (κ3) is 8.16. The molecule has 0 radical (unpaired) electrons. The fraction of sp³-hybridized carbons (Fsp3) is 0.462. The second-order valence-corrected chi connectivity index (χ2v) is 4.12. The molecule has 0 bridgehead atoms. The monoisotopic (exact) mass is 306 g/mol. The topological polar surface area (TPSA) is 59.6 Å². The minimum Gasteiger partial charge on any atom is -0.497 e. The van der Waals surface area contributed by atoms with E-state index in [1.165, 1.54) is 7.11 Å². The van der Waals surface area contributed by atoms with Gasteiger partial charge in [-0.3, -0.25) is 4.79 Å². The maximum Gasteiger partial charge on any atom is 0.411 e. The Kier molecular flexibility index (Phi) is 6.97. The van der Waals surface area contributed by atoms with Crippen LogP contribution >= 0.6 is 0 Å². The largest absolute Gasteiger partial charge is 0.497 e. The van der Waals surface area contributed by atoms with Gasteiger partial charge in [0, 0.05) is 18.3 Å². The molecule has 1 rings (SSSR count). The molecule has 0 saturated heterocycles. The van der Waals surface area contributed by atoms with Crippen molar-refractivity contribution in [1.29, 1.82) is 0 Å². The van der Waals surface area contributed by atoms with Gasteiger partial charge in [-0.25, -0.2) is 0 Å². The average molecular weight is 306 g/mol. The maximum atomic E-state index is 11.8. The molecule has 0 aliphatic rings. The SMILES string of the molecule is COc1cccc(NC(=O)CNCCOCC(F)(F)F)c1. The summed E-state index contributed by atoms with van der Waals surface area (Å²) in [6.07, 6.45) is -4.33. The van der Waals surface area contributed by atoms with Gasteiger partial charge in [0.05, 0.1) is 20.3 Å². The summed E-state index contributed by atoms with van der Waals surface area (Å²) < 4.78 is 44.7. The van der Waals surface area contributed by atoms with Crippen molar-refractivity contribution in [3.63, 3.8) is 0 Å². The van der Waals surface area contributed by atoms with E-state index in [1.54, 1.807) is 24.3 Å². The second kappa shape index (κ2) is 8.48. The first-order valence-electron chi connectivity index (χ1n) is 6.20. The van der Waals surface area contributed by atoms with Crippen LogP contribution in [0.25, 0.3) is 0 Å². The molecule has 0 aromatic heterocycles. The molecule has 0 saturated carbocycles. The lowest BCUT2D eigenvalue weighted by molar-refractivity contribution is -0.173. The Hall–Kier alpha value is -1.80. The summed E-state index contributed by atoms with van der Waals surface area (Å²) >= 11 is 0. The second-order valence-electron chi connectivity index (χ2n) is 4.12. The van der Waals surface area contributed by atoms with E-state index in [0.29, 0.717) is 11.4 Å². The van der Waals surface area contributed by atoms with Gasteiger partial charge < -0.3 is 20.1 Å². The number of amides is 1. The fourth-order valence-corrected chi connectivity index (χ4v) is 1.44. The molecule has 0 unspecified atom stereocenters. The molecule has 1 aromatic carbocycles. The molecule has 1 amide bonds. The van der Waals surface area contributed by atoms with Crippen molar-refractivity contribution in [2.24, 2.45) is 0 Å². The van der Waals surface area contributed by atoms with Crippen molar-refractivity contribution in [2.45, 2.75) is 6.18 Å². The predicted molar refractivity (Wildman–Crippen MR) is 71.4 cm³/mol. The van der Waals surface area contributed by atoms with Gasteiger partial charge in [0.25, 0.3) is 0 Å². The Morgan fingerprint density at radius 1 is 1.33 bits per heavy atom. The highest BCUT2D eigenvalue weighted by molar-refractivity contribution is 5.92. The Morgan fingerprint density at radius 2 is 2.10 bits per heavy atom. The van der Waals surface area contributed by atoms with Gasteiger partial charge in [-0.15, -0.1) is 0 Å². The first-order valence-corrected chi connectivity index (χ1v) is 6.20. The van der Waals surface area contributed by atoms with Gasteiger partial charge in [-0.05, 0) is 12.1 Å². The maximum absolute atomic E-state index is 11.8. The molecule has 1 aromatic rings. The number of alkyl halides is 3. The summed E-state index contributed by atoms with van der Waals surface area (Å²) in [5.74, 6) is 0.306. The third-order valence-corrected chi connectivity index (χ3v) is 2.33. The number of hydrogen-bond donors (Lipinski definition) is 2. The van der Waals surface area contributed by atoms with Crippen LogP contribution in [0.3, 0.4) is 0 Å². The summed E-state index contributed by atoms with van der Waals surface area (Å²) in [5, 5.41) is 5.31. The van der Waals surface area contributed by atoms with Gasteiger partial charge in [0.2, 0.25) is 5.91 Å². The van der Waals surface area contributed by atoms with Crippen molar-refractivity contribution in [3.8, 4) is 5.75 Å². The summed E-state index contributed by atoms with van der Waals surface area (Å²) in [6.45, 7) is -1.27. The van der Waals surface area contributed by atoms with E-state index in [9.17, 15) is 18.0 Å². The zero-order valence-corrected chi connectivity index (χ0v) is 11.5. The van der Waals surface area contributed by atoms with E-state index >= 15 is 0 Å². The first-order chi connectivity index (χ1) is 9.90. The number of benzene rings is 1. The Morgan fingerprint density at radius 3 is 2.76 bits per heavy atom. The van der Waals surface area contributed by atoms with E-state index in [-0.39, 0.29) is 25.6 Å². The van der Waals surface area contributed by atoms with Crippen LogP contribution in [0.4, 0.5) is 18.9 Å². The zero-order valence-electron chi connectivity index (χ0n) is 11.5. The zero-order chi connectivity index (χ0) is 15.7. The molecular weight excluding hydrogens is 289 g/mol. The van der Waals surface area contributed by atoms with Gasteiger partial charge in [-0.2, -0.15) is 13.2 Å². The average Bonchev–Trinajstić information content (AvgIpc) is 2.41.